The van der Waals surface area contributed by atoms with Gasteiger partial charge in [0.2, 0.25) is 0 Å². The summed E-state index contributed by atoms with van der Waals surface area (Å²) in [7, 11) is 0. The SMILES string of the molecule is CCCCCCOC(=O)[C@@H](N)CC. The summed E-state index contributed by atoms with van der Waals surface area (Å²) in [6.07, 6.45) is 5.13. The normalized spacial score (nSPS) is 12.5. The van der Waals surface area contributed by atoms with E-state index in [9.17, 15) is 4.79 Å². The number of unbranched alkanes of at least 4 members (excludes halogenated alkanes) is 3. The highest BCUT2D eigenvalue weighted by atomic mass is 16.5. The molecule has 0 aliphatic rings. The lowest BCUT2D eigenvalue weighted by molar-refractivity contribution is -0.145. The van der Waals surface area contributed by atoms with Crippen molar-refractivity contribution in [3.05, 3.63) is 0 Å². The van der Waals surface area contributed by atoms with Crippen LogP contribution < -0.4 is 5.73 Å². The molecule has 0 unspecified atom stereocenters. The van der Waals surface area contributed by atoms with E-state index >= 15 is 0 Å². The lowest BCUT2D eigenvalue weighted by atomic mass is 10.2. The number of carbonyl (C=O) groups is 1. The molecule has 0 saturated heterocycles. The van der Waals surface area contributed by atoms with Gasteiger partial charge in [0.1, 0.15) is 6.04 Å². The topological polar surface area (TPSA) is 52.3 Å². The molecule has 3 nitrogen and oxygen atoms in total. The zero-order valence-corrected chi connectivity index (χ0v) is 8.71. The van der Waals surface area contributed by atoms with Crippen molar-refractivity contribution in [1.29, 1.82) is 0 Å². The molecule has 0 aliphatic carbocycles. The molecule has 0 fully saturated rings. The summed E-state index contributed by atoms with van der Waals surface area (Å²) < 4.78 is 4.98. The predicted molar refractivity (Wildman–Crippen MR) is 53.4 cm³/mol. The number of esters is 1. The summed E-state index contributed by atoms with van der Waals surface area (Å²) in [5.41, 5.74) is 5.48. The third kappa shape index (κ3) is 6.58. The van der Waals surface area contributed by atoms with Crippen molar-refractivity contribution in [3.63, 3.8) is 0 Å². The summed E-state index contributed by atoms with van der Waals surface area (Å²) in [4.78, 5) is 11.1. The van der Waals surface area contributed by atoms with E-state index in [-0.39, 0.29) is 5.97 Å². The van der Waals surface area contributed by atoms with Crippen molar-refractivity contribution in [2.45, 2.75) is 52.0 Å². The van der Waals surface area contributed by atoms with Gasteiger partial charge in [-0.15, -0.1) is 0 Å². The zero-order chi connectivity index (χ0) is 10.1. The molecule has 0 aromatic rings. The number of hydrogen-bond acceptors (Lipinski definition) is 3. The van der Waals surface area contributed by atoms with Crippen LogP contribution in [0.2, 0.25) is 0 Å². The summed E-state index contributed by atoms with van der Waals surface area (Å²) in [6, 6.07) is -0.439. The van der Waals surface area contributed by atoms with E-state index in [0.29, 0.717) is 13.0 Å². The van der Waals surface area contributed by atoms with Gasteiger partial charge in [0, 0.05) is 0 Å². The first-order valence-electron chi connectivity index (χ1n) is 5.14. The monoisotopic (exact) mass is 187 g/mol. The number of rotatable bonds is 7. The molecule has 0 radical (unpaired) electrons. The molecule has 78 valence electrons. The van der Waals surface area contributed by atoms with Crippen LogP contribution in [0.4, 0.5) is 0 Å². The predicted octanol–water partition coefficient (Wildman–Crippen LogP) is 1.85. The van der Waals surface area contributed by atoms with Crippen LogP contribution in [0.3, 0.4) is 0 Å². The minimum atomic E-state index is -0.439. The van der Waals surface area contributed by atoms with Crippen LogP contribution in [-0.2, 0) is 9.53 Å². The standard InChI is InChI=1S/C10H21NO2/c1-3-5-6-7-8-13-10(12)9(11)4-2/h9H,3-8,11H2,1-2H3/t9-/m0/s1. The smallest absolute Gasteiger partial charge is 0.322 e. The lowest BCUT2D eigenvalue weighted by Crippen LogP contribution is -2.31. The maximum Gasteiger partial charge on any atom is 0.322 e. The highest BCUT2D eigenvalue weighted by Crippen LogP contribution is 2.00. The fourth-order valence-corrected chi connectivity index (χ4v) is 0.975. The molecule has 13 heavy (non-hydrogen) atoms. The third-order valence-corrected chi connectivity index (χ3v) is 1.98. The average Bonchev–Trinajstić information content (AvgIpc) is 2.16. The maximum absolute atomic E-state index is 11.1. The minimum Gasteiger partial charge on any atom is -0.465 e. The molecule has 0 heterocycles. The number of ether oxygens (including phenoxy) is 1. The molecule has 0 rings (SSSR count). The van der Waals surface area contributed by atoms with E-state index in [1.807, 2.05) is 6.92 Å². The van der Waals surface area contributed by atoms with E-state index in [1.54, 1.807) is 0 Å². The molecule has 0 spiro atoms. The Hall–Kier alpha value is -0.570. The molecule has 2 N–H and O–H groups in total. The van der Waals surface area contributed by atoms with Crippen LogP contribution >= 0.6 is 0 Å². The van der Waals surface area contributed by atoms with Crippen molar-refractivity contribution in [3.8, 4) is 0 Å². The van der Waals surface area contributed by atoms with E-state index in [4.69, 9.17) is 10.5 Å². The second-order valence-corrected chi connectivity index (χ2v) is 3.24. The largest absolute Gasteiger partial charge is 0.465 e. The van der Waals surface area contributed by atoms with Crippen molar-refractivity contribution in [2.75, 3.05) is 6.61 Å². The van der Waals surface area contributed by atoms with Crippen LogP contribution in [-0.4, -0.2) is 18.6 Å². The van der Waals surface area contributed by atoms with E-state index in [1.165, 1.54) is 12.8 Å². The minimum absolute atomic E-state index is 0.265. The second-order valence-electron chi connectivity index (χ2n) is 3.24. The maximum atomic E-state index is 11.1. The number of carbonyl (C=O) groups excluding carboxylic acids is 1. The summed E-state index contributed by atoms with van der Waals surface area (Å²) in [5, 5.41) is 0. The highest BCUT2D eigenvalue weighted by Gasteiger charge is 2.11. The van der Waals surface area contributed by atoms with Crippen LogP contribution in [0.15, 0.2) is 0 Å². The van der Waals surface area contributed by atoms with Crippen molar-refractivity contribution >= 4 is 5.97 Å². The second kappa shape index (κ2) is 8.05. The van der Waals surface area contributed by atoms with Crippen molar-refractivity contribution in [2.24, 2.45) is 5.73 Å². The van der Waals surface area contributed by atoms with Crippen LogP contribution in [0, 0.1) is 0 Å². The van der Waals surface area contributed by atoms with Crippen LogP contribution in [0.1, 0.15) is 46.0 Å². The summed E-state index contributed by atoms with van der Waals surface area (Å²) in [5.74, 6) is -0.265. The van der Waals surface area contributed by atoms with Crippen LogP contribution in [0.25, 0.3) is 0 Å². The van der Waals surface area contributed by atoms with Gasteiger partial charge in [0.25, 0.3) is 0 Å². The Labute approximate surface area is 80.6 Å². The molecule has 0 aliphatic heterocycles. The van der Waals surface area contributed by atoms with E-state index in [0.717, 1.165) is 12.8 Å². The number of nitrogens with two attached hydrogens (primary N) is 1. The Bertz CT molecular complexity index is 137. The van der Waals surface area contributed by atoms with Gasteiger partial charge in [-0.3, -0.25) is 4.79 Å². The fourth-order valence-electron chi connectivity index (χ4n) is 0.975. The first-order valence-corrected chi connectivity index (χ1v) is 5.14. The van der Waals surface area contributed by atoms with Gasteiger partial charge in [-0.25, -0.2) is 0 Å². The van der Waals surface area contributed by atoms with E-state index in [2.05, 4.69) is 6.92 Å². The van der Waals surface area contributed by atoms with Gasteiger partial charge in [-0.1, -0.05) is 33.1 Å². The lowest BCUT2D eigenvalue weighted by Gasteiger charge is -2.08. The average molecular weight is 187 g/mol. The first kappa shape index (κ1) is 12.4. The molecule has 0 bridgehead atoms. The van der Waals surface area contributed by atoms with Crippen molar-refractivity contribution in [1.82, 2.24) is 0 Å². The highest BCUT2D eigenvalue weighted by molar-refractivity contribution is 5.75. The van der Waals surface area contributed by atoms with Gasteiger partial charge < -0.3 is 10.5 Å². The van der Waals surface area contributed by atoms with Gasteiger partial charge >= 0.3 is 5.97 Å². The Morgan fingerprint density at radius 1 is 1.31 bits per heavy atom. The molecule has 3 heteroatoms. The molecule has 0 amide bonds. The Morgan fingerprint density at radius 2 is 2.00 bits per heavy atom. The summed E-state index contributed by atoms with van der Waals surface area (Å²) in [6.45, 7) is 4.55. The molecular weight excluding hydrogens is 166 g/mol. The molecule has 1 atom stereocenters. The van der Waals surface area contributed by atoms with Gasteiger partial charge in [-0.2, -0.15) is 0 Å². The third-order valence-electron chi connectivity index (χ3n) is 1.98. The first-order chi connectivity index (χ1) is 6.22. The number of hydrogen-bond donors (Lipinski definition) is 1. The van der Waals surface area contributed by atoms with Gasteiger partial charge in [0.15, 0.2) is 0 Å². The van der Waals surface area contributed by atoms with Crippen LogP contribution in [0.5, 0.6) is 0 Å². The quantitative estimate of drug-likeness (QED) is 0.489. The van der Waals surface area contributed by atoms with Gasteiger partial charge in [-0.05, 0) is 12.8 Å². The molecule has 0 aromatic carbocycles. The van der Waals surface area contributed by atoms with E-state index < -0.39 is 6.04 Å². The van der Waals surface area contributed by atoms with Crippen molar-refractivity contribution < 1.29 is 9.53 Å². The van der Waals surface area contributed by atoms with Gasteiger partial charge in [0.05, 0.1) is 6.61 Å². The molecule has 0 aromatic heterocycles. The fraction of sp³-hybridized carbons (Fsp3) is 0.900. The molecule has 0 saturated carbocycles. The Balaban J connectivity index is 3.27. The molecular formula is C10H21NO2. The Morgan fingerprint density at radius 3 is 2.54 bits per heavy atom. The zero-order valence-electron chi connectivity index (χ0n) is 8.71. The summed E-state index contributed by atoms with van der Waals surface area (Å²) >= 11 is 0. The Kier molecular flexibility index (Phi) is 7.69.